The van der Waals surface area contributed by atoms with E-state index in [1.807, 2.05) is 42.1 Å². The maximum atomic E-state index is 13.8. The molecule has 6 rings (SSSR count). The quantitative estimate of drug-likeness (QED) is 0.360. The molecule has 4 aromatic rings. The summed E-state index contributed by atoms with van der Waals surface area (Å²) in [5.41, 5.74) is 5.65. The van der Waals surface area contributed by atoms with Gasteiger partial charge < -0.3 is 0 Å². The van der Waals surface area contributed by atoms with Crippen molar-refractivity contribution < 1.29 is 4.79 Å². The van der Waals surface area contributed by atoms with Gasteiger partial charge in [-0.15, -0.1) is 11.8 Å². The minimum absolute atomic E-state index is 0.207. The largest absolute Gasteiger partial charge is 0.293 e. The van der Waals surface area contributed by atoms with E-state index in [4.69, 9.17) is 0 Å². The molecule has 1 spiro atoms. The Bertz CT molecular complexity index is 1190. The Morgan fingerprint density at radius 1 is 0.600 bits per heavy atom. The highest BCUT2D eigenvalue weighted by Gasteiger charge is 2.78. The van der Waals surface area contributed by atoms with E-state index in [0.717, 1.165) is 11.1 Å². The van der Waals surface area contributed by atoms with Crippen molar-refractivity contribution in [1.82, 2.24) is 0 Å². The van der Waals surface area contributed by atoms with E-state index >= 15 is 0 Å². The molecule has 4 aromatic carbocycles. The summed E-state index contributed by atoms with van der Waals surface area (Å²) >= 11 is 1.93. The van der Waals surface area contributed by atoms with Crippen LogP contribution < -0.4 is 0 Å². The van der Waals surface area contributed by atoms with Gasteiger partial charge in [0.25, 0.3) is 0 Å². The van der Waals surface area contributed by atoms with Crippen molar-refractivity contribution in [3.8, 4) is 0 Å². The molecular weight excluding hydrogens is 384 g/mol. The minimum Gasteiger partial charge on any atom is -0.293 e. The first kappa shape index (κ1) is 17.7. The molecule has 0 radical (unpaired) electrons. The van der Waals surface area contributed by atoms with Crippen LogP contribution in [0.25, 0.3) is 0 Å². The number of rotatable bonds is 3. The maximum absolute atomic E-state index is 13.8. The van der Waals surface area contributed by atoms with Crippen LogP contribution in [0.1, 0.15) is 38.5 Å². The van der Waals surface area contributed by atoms with Crippen LogP contribution in [0, 0.1) is 0 Å². The number of hydrogen-bond donors (Lipinski definition) is 0. The number of hydrogen-bond acceptors (Lipinski definition) is 2. The van der Waals surface area contributed by atoms with Gasteiger partial charge in [-0.2, -0.15) is 0 Å². The van der Waals surface area contributed by atoms with Gasteiger partial charge in [0, 0.05) is 5.56 Å². The second kappa shape index (κ2) is 6.45. The molecule has 2 aliphatic rings. The van der Waals surface area contributed by atoms with Crippen molar-refractivity contribution in [2.75, 3.05) is 0 Å². The van der Waals surface area contributed by atoms with E-state index in [1.165, 1.54) is 16.7 Å². The van der Waals surface area contributed by atoms with Gasteiger partial charge in [0.15, 0.2) is 5.78 Å². The van der Waals surface area contributed by atoms with E-state index in [-0.39, 0.29) is 21.2 Å². The van der Waals surface area contributed by atoms with E-state index in [0.29, 0.717) is 0 Å². The highest BCUT2D eigenvalue weighted by atomic mass is 32.2. The second-order valence-corrected chi connectivity index (χ2v) is 9.46. The zero-order valence-corrected chi connectivity index (χ0v) is 17.2. The summed E-state index contributed by atoms with van der Waals surface area (Å²) in [5.74, 6) is 0.0274. The lowest BCUT2D eigenvalue weighted by Gasteiger charge is -2.27. The molecule has 1 saturated heterocycles. The van der Waals surface area contributed by atoms with Crippen molar-refractivity contribution in [3.63, 3.8) is 0 Å². The number of ketones is 1. The first-order valence-electron chi connectivity index (χ1n) is 10.3. The van der Waals surface area contributed by atoms with Crippen molar-refractivity contribution in [2.24, 2.45) is 0 Å². The summed E-state index contributed by atoms with van der Waals surface area (Å²) in [4.78, 5) is 13.8. The number of thioether (sulfide) groups is 1. The standard InChI is InChI=1S/C28H20OS/c29-26-23-18-10-11-19-24(23)28(25(26)20-12-4-1-5-13-20)27(30-28,21-14-6-2-7-15-21)22-16-8-3-9-17-22/h1-19,25H. The molecule has 2 atom stereocenters. The third kappa shape index (κ3) is 2.17. The first-order chi connectivity index (χ1) is 14.8. The van der Waals surface area contributed by atoms with Crippen molar-refractivity contribution in [2.45, 2.75) is 15.4 Å². The summed E-state index contributed by atoms with van der Waals surface area (Å²) in [5, 5.41) is 0. The van der Waals surface area contributed by atoms with Crippen LogP contribution in [0.5, 0.6) is 0 Å². The molecule has 0 amide bonds. The molecular formula is C28H20OS. The lowest BCUT2D eigenvalue weighted by Crippen LogP contribution is -2.28. The van der Waals surface area contributed by atoms with E-state index in [1.54, 1.807) is 0 Å². The molecule has 0 aromatic heterocycles. The van der Waals surface area contributed by atoms with Crippen molar-refractivity contribution >= 4 is 17.5 Å². The molecule has 30 heavy (non-hydrogen) atoms. The molecule has 0 N–H and O–H groups in total. The van der Waals surface area contributed by atoms with Crippen LogP contribution in [0.15, 0.2) is 115 Å². The van der Waals surface area contributed by atoms with Crippen molar-refractivity contribution in [3.05, 3.63) is 143 Å². The Kier molecular flexibility index (Phi) is 3.81. The van der Waals surface area contributed by atoms with E-state index < -0.39 is 0 Å². The van der Waals surface area contributed by atoms with Gasteiger partial charge in [0.05, 0.1) is 15.4 Å². The van der Waals surface area contributed by atoms with E-state index in [9.17, 15) is 4.79 Å². The topological polar surface area (TPSA) is 17.1 Å². The summed E-state index contributed by atoms with van der Waals surface area (Å²) in [7, 11) is 0. The SMILES string of the molecule is O=C1c2ccccc2C2(SC2(c2ccccc2)c2ccccc2)C1c1ccccc1. The average molecular weight is 405 g/mol. The number of carbonyl (C=O) groups is 1. The molecule has 1 aliphatic carbocycles. The molecule has 1 aliphatic heterocycles. The third-order valence-electron chi connectivity index (χ3n) is 6.55. The van der Waals surface area contributed by atoms with Crippen LogP contribution in [0.4, 0.5) is 0 Å². The van der Waals surface area contributed by atoms with Crippen LogP contribution >= 0.6 is 11.8 Å². The Morgan fingerprint density at radius 3 is 1.70 bits per heavy atom. The predicted molar refractivity (Wildman–Crippen MR) is 123 cm³/mol. The highest BCUT2D eigenvalue weighted by Crippen LogP contribution is 2.84. The zero-order valence-electron chi connectivity index (χ0n) is 16.4. The number of carbonyl (C=O) groups excluding carboxylic acids is 1. The van der Waals surface area contributed by atoms with Crippen LogP contribution in [-0.2, 0) is 9.49 Å². The fourth-order valence-corrected chi connectivity index (χ4v) is 7.38. The fourth-order valence-electron chi connectivity index (χ4n) is 5.33. The number of Topliss-reactive ketones (excluding diaryl/α,β-unsaturated/α-hetero) is 1. The van der Waals surface area contributed by atoms with Gasteiger partial charge in [-0.05, 0) is 22.3 Å². The van der Waals surface area contributed by atoms with Crippen LogP contribution in [0.3, 0.4) is 0 Å². The molecule has 0 saturated carbocycles. The van der Waals surface area contributed by atoms with Gasteiger partial charge in [-0.3, -0.25) is 4.79 Å². The Hall–Kier alpha value is -3.10. The number of fused-ring (bicyclic) bond motifs is 2. The predicted octanol–water partition coefficient (Wildman–Crippen LogP) is 6.55. The summed E-state index contributed by atoms with van der Waals surface area (Å²) in [6, 6.07) is 39.9. The third-order valence-corrected chi connectivity index (χ3v) is 8.53. The lowest BCUT2D eigenvalue weighted by molar-refractivity contribution is 0.0961. The van der Waals surface area contributed by atoms with Gasteiger partial charge >= 0.3 is 0 Å². The molecule has 0 bridgehead atoms. The normalized spacial score (nSPS) is 23.3. The Balaban J connectivity index is 1.67. The monoisotopic (exact) mass is 404 g/mol. The summed E-state index contributed by atoms with van der Waals surface area (Å²) in [6.45, 7) is 0. The molecule has 2 unspecified atom stereocenters. The van der Waals surface area contributed by atoms with Crippen LogP contribution in [-0.4, -0.2) is 5.78 Å². The highest BCUT2D eigenvalue weighted by molar-refractivity contribution is 8.09. The average Bonchev–Trinajstić information content (AvgIpc) is 3.46. The van der Waals surface area contributed by atoms with Gasteiger partial charge in [0.1, 0.15) is 0 Å². The minimum atomic E-state index is -0.343. The summed E-state index contributed by atoms with van der Waals surface area (Å²) < 4.78 is -0.636. The smallest absolute Gasteiger partial charge is 0.172 e. The fraction of sp³-hybridized carbons (Fsp3) is 0.107. The molecule has 1 nitrogen and oxygen atoms in total. The van der Waals surface area contributed by atoms with Crippen molar-refractivity contribution in [1.29, 1.82) is 0 Å². The molecule has 1 heterocycles. The van der Waals surface area contributed by atoms with Crippen LogP contribution in [0.2, 0.25) is 0 Å². The molecule has 144 valence electrons. The zero-order chi connectivity index (χ0) is 20.2. The van der Waals surface area contributed by atoms with Gasteiger partial charge in [-0.25, -0.2) is 0 Å². The Morgan fingerprint density at radius 2 is 1.10 bits per heavy atom. The van der Waals surface area contributed by atoms with Gasteiger partial charge in [0.2, 0.25) is 0 Å². The number of benzene rings is 4. The maximum Gasteiger partial charge on any atom is 0.172 e. The Labute approximate surface area is 180 Å². The first-order valence-corrected chi connectivity index (χ1v) is 11.1. The second-order valence-electron chi connectivity index (χ2n) is 8.00. The van der Waals surface area contributed by atoms with E-state index in [2.05, 4.69) is 84.9 Å². The molecule has 2 heteroatoms. The molecule has 1 fully saturated rings. The summed E-state index contributed by atoms with van der Waals surface area (Å²) in [6.07, 6.45) is 0. The van der Waals surface area contributed by atoms with Gasteiger partial charge in [-0.1, -0.05) is 115 Å². The lowest BCUT2D eigenvalue weighted by atomic mass is 9.72.